The van der Waals surface area contributed by atoms with Gasteiger partial charge in [-0.3, -0.25) is 9.69 Å². The van der Waals surface area contributed by atoms with E-state index in [1.54, 1.807) is 12.1 Å². The van der Waals surface area contributed by atoms with Crippen molar-refractivity contribution >= 4 is 34.1 Å². The highest BCUT2D eigenvalue weighted by molar-refractivity contribution is 6.31. The summed E-state index contributed by atoms with van der Waals surface area (Å²) in [4.78, 5) is 14.3. The van der Waals surface area contributed by atoms with Gasteiger partial charge >= 0.3 is 0 Å². The van der Waals surface area contributed by atoms with Crippen LogP contribution in [0.5, 0.6) is 0 Å². The summed E-state index contributed by atoms with van der Waals surface area (Å²) < 4.78 is 15.6. The Balaban J connectivity index is 1.31. The van der Waals surface area contributed by atoms with Gasteiger partial charge in [0.15, 0.2) is 0 Å². The molecule has 1 aromatic heterocycles. The summed E-state index contributed by atoms with van der Waals surface area (Å²) in [5.41, 5.74) is 5.35. The highest BCUT2D eigenvalue weighted by atomic mass is 35.5. The fourth-order valence-electron chi connectivity index (χ4n) is 5.00. The first-order valence-electron chi connectivity index (χ1n) is 12.2. The Morgan fingerprint density at radius 2 is 1.83 bits per heavy atom. The minimum atomic E-state index is -0.246. The van der Waals surface area contributed by atoms with Gasteiger partial charge in [-0.05, 0) is 91.5 Å². The number of carbonyl (C=O) groups excluding carboxylic acids is 1. The maximum Gasteiger partial charge on any atom is 0.224 e. The van der Waals surface area contributed by atoms with Crippen molar-refractivity contribution in [1.82, 2.24) is 9.47 Å². The molecule has 4 nitrogen and oxygen atoms in total. The largest absolute Gasteiger partial charge is 0.326 e. The molecule has 35 heavy (non-hydrogen) atoms. The topological polar surface area (TPSA) is 37.3 Å². The summed E-state index contributed by atoms with van der Waals surface area (Å²) in [6.07, 6.45) is 4.79. The number of hydrogen-bond donors (Lipinski definition) is 1. The van der Waals surface area contributed by atoms with Crippen molar-refractivity contribution in [3.05, 3.63) is 94.9 Å². The lowest BCUT2D eigenvalue weighted by Crippen LogP contribution is -2.32. The third-order valence-electron chi connectivity index (χ3n) is 6.90. The van der Waals surface area contributed by atoms with Gasteiger partial charge in [-0.1, -0.05) is 36.7 Å². The number of aromatic nitrogens is 1. The number of rotatable bonds is 6. The molecule has 4 aromatic rings. The van der Waals surface area contributed by atoms with E-state index in [-0.39, 0.29) is 11.7 Å². The maximum atomic E-state index is 13.5. The number of benzene rings is 3. The van der Waals surface area contributed by atoms with E-state index >= 15 is 0 Å². The predicted molar refractivity (Wildman–Crippen MR) is 141 cm³/mol. The molecule has 5 rings (SSSR count). The molecule has 1 aliphatic heterocycles. The Kier molecular flexibility index (Phi) is 6.89. The molecule has 0 saturated carbocycles. The van der Waals surface area contributed by atoms with E-state index < -0.39 is 0 Å². The normalized spacial score (nSPS) is 14.9. The average Bonchev–Trinajstić information content (AvgIpc) is 3.22. The fourth-order valence-corrected chi connectivity index (χ4v) is 5.16. The second kappa shape index (κ2) is 10.2. The lowest BCUT2D eigenvalue weighted by atomic mass is 9.89. The van der Waals surface area contributed by atoms with Crippen LogP contribution in [0.2, 0.25) is 5.02 Å². The van der Waals surface area contributed by atoms with Crippen LogP contribution < -0.4 is 5.32 Å². The molecule has 1 saturated heterocycles. The minimum Gasteiger partial charge on any atom is -0.326 e. The maximum absolute atomic E-state index is 13.5. The van der Waals surface area contributed by atoms with Crippen molar-refractivity contribution in [1.29, 1.82) is 0 Å². The zero-order valence-electron chi connectivity index (χ0n) is 19.8. The van der Waals surface area contributed by atoms with Gasteiger partial charge in [-0.2, -0.15) is 0 Å². The third-order valence-corrected chi connectivity index (χ3v) is 7.13. The molecule has 2 heterocycles. The van der Waals surface area contributed by atoms with Gasteiger partial charge in [0.25, 0.3) is 0 Å². The first-order valence-corrected chi connectivity index (χ1v) is 12.6. The van der Waals surface area contributed by atoms with Crippen LogP contribution in [0.25, 0.3) is 16.6 Å². The molecule has 1 aliphatic rings. The summed E-state index contributed by atoms with van der Waals surface area (Å²) in [6, 6.07) is 20.8. The number of fused-ring (bicyclic) bond motifs is 1. The third kappa shape index (κ3) is 5.26. The van der Waals surface area contributed by atoms with Crippen LogP contribution >= 0.6 is 11.6 Å². The van der Waals surface area contributed by atoms with Gasteiger partial charge in [0.1, 0.15) is 5.82 Å². The Labute approximate surface area is 210 Å². The number of nitrogens with zero attached hydrogens (tertiary/aromatic N) is 2. The standard InChI is InChI=1S/C29H29ClFN3O/c1-2-29(35)32-25-5-3-4-21(16-25)20-12-14-33(15-13-20)18-22-19-34(26-9-7-24(31)8-10-26)28-17-23(30)6-11-27(22)28/h3-11,16-17,19-20H,2,12-15,18H2,1H3,(H,32,35). The summed E-state index contributed by atoms with van der Waals surface area (Å²) in [5.74, 6) is 0.284. The number of halogens is 2. The van der Waals surface area contributed by atoms with Crippen molar-refractivity contribution in [3.8, 4) is 5.69 Å². The van der Waals surface area contributed by atoms with Gasteiger partial charge < -0.3 is 9.88 Å². The highest BCUT2D eigenvalue weighted by Crippen LogP contribution is 2.33. The molecule has 0 radical (unpaired) electrons. The monoisotopic (exact) mass is 489 g/mol. The molecule has 1 fully saturated rings. The van der Waals surface area contributed by atoms with Crippen LogP contribution in [0.1, 0.15) is 43.2 Å². The molecule has 0 spiro atoms. The van der Waals surface area contributed by atoms with Gasteiger partial charge in [-0.15, -0.1) is 0 Å². The van der Waals surface area contributed by atoms with Gasteiger partial charge in [0, 0.05) is 40.9 Å². The number of carbonyl (C=O) groups is 1. The van der Waals surface area contributed by atoms with Crippen LogP contribution in [-0.2, 0) is 11.3 Å². The molecule has 0 atom stereocenters. The molecule has 1 N–H and O–H groups in total. The smallest absolute Gasteiger partial charge is 0.224 e. The van der Waals surface area contributed by atoms with E-state index in [4.69, 9.17) is 11.6 Å². The van der Waals surface area contributed by atoms with Crippen LogP contribution in [0.15, 0.2) is 72.9 Å². The molecule has 3 aromatic carbocycles. The van der Waals surface area contributed by atoms with E-state index in [1.807, 2.05) is 31.2 Å². The second-order valence-corrected chi connectivity index (χ2v) is 9.68. The lowest BCUT2D eigenvalue weighted by molar-refractivity contribution is -0.115. The van der Waals surface area contributed by atoms with Crippen molar-refractivity contribution in [2.24, 2.45) is 0 Å². The van der Waals surface area contributed by atoms with Crippen LogP contribution in [0.4, 0.5) is 10.1 Å². The molecule has 1 amide bonds. The molecule has 0 unspecified atom stereocenters. The van der Waals surface area contributed by atoms with E-state index in [0.29, 0.717) is 17.4 Å². The summed E-state index contributed by atoms with van der Waals surface area (Å²) in [5, 5.41) is 4.82. The quantitative estimate of drug-likeness (QED) is 0.312. The van der Waals surface area contributed by atoms with E-state index in [1.165, 1.54) is 28.6 Å². The lowest BCUT2D eigenvalue weighted by Gasteiger charge is -2.32. The number of anilines is 1. The highest BCUT2D eigenvalue weighted by Gasteiger charge is 2.22. The molecule has 0 aliphatic carbocycles. The number of likely N-dealkylation sites (tertiary alicyclic amines) is 1. The number of piperidine rings is 1. The van der Waals surface area contributed by atoms with Gasteiger partial charge in [0.05, 0.1) is 5.52 Å². The van der Waals surface area contributed by atoms with E-state index in [0.717, 1.165) is 49.4 Å². The number of nitrogens with one attached hydrogen (secondary N) is 1. The first kappa shape index (κ1) is 23.6. The van der Waals surface area contributed by atoms with Crippen LogP contribution in [-0.4, -0.2) is 28.5 Å². The molecular weight excluding hydrogens is 461 g/mol. The molecule has 0 bridgehead atoms. The molecule has 180 valence electrons. The van der Waals surface area contributed by atoms with E-state index in [2.05, 4.69) is 39.2 Å². The molecular formula is C29H29ClFN3O. The van der Waals surface area contributed by atoms with Crippen LogP contribution in [0, 0.1) is 5.82 Å². The minimum absolute atomic E-state index is 0.0399. The zero-order chi connectivity index (χ0) is 24.4. The average molecular weight is 490 g/mol. The Morgan fingerprint density at radius 3 is 2.57 bits per heavy atom. The Morgan fingerprint density at radius 1 is 1.06 bits per heavy atom. The van der Waals surface area contributed by atoms with Crippen molar-refractivity contribution in [2.45, 2.75) is 38.6 Å². The van der Waals surface area contributed by atoms with Crippen LogP contribution in [0.3, 0.4) is 0 Å². The summed E-state index contributed by atoms with van der Waals surface area (Å²) >= 11 is 6.32. The number of hydrogen-bond acceptors (Lipinski definition) is 2. The fraction of sp³-hybridized carbons (Fsp3) is 0.276. The Bertz CT molecular complexity index is 1340. The predicted octanol–water partition coefficient (Wildman–Crippen LogP) is 7.15. The van der Waals surface area contributed by atoms with Crippen molar-refractivity contribution in [2.75, 3.05) is 18.4 Å². The van der Waals surface area contributed by atoms with Gasteiger partial charge in [0.2, 0.25) is 5.91 Å². The van der Waals surface area contributed by atoms with Crippen molar-refractivity contribution < 1.29 is 9.18 Å². The first-order chi connectivity index (χ1) is 17.0. The SMILES string of the molecule is CCC(=O)Nc1cccc(C2CCN(Cc3cn(-c4ccc(F)cc4)c4cc(Cl)ccc34)CC2)c1. The summed E-state index contributed by atoms with van der Waals surface area (Å²) in [7, 11) is 0. The Hall–Kier alpha value is -3.15. The zero-order valence-corrected chi connectivity index (χ0v) is 20.6. The summed E-state index contributed by atoms with van der Waals surface area (Å²) in [6.45, 7) is 4.73. The molecule has 6 heteroatoms. The number of amides is 1. The second-order valence-electron chi connectivity index (χ2n) is 9.24. The van der Waals surface area contributed by atoms with Gasteiger partial charge in [-0.25, -0.2) is 4.39 Å². The van der Waals surface area contributed by atoms with Crippen molar-refractivity contribution in [3.63, 3.8) is 0 Å². The van der Waals surface area contributed by atoms with E-state index in [9.17, 15) is 9.18 Å².